The van der Waals surface area contributed by atoms with Gasteiger partial charge in [0.2, 0.25) is 0 Å². The standard InChI is InChI=1S/C25H25F5O3/c1-2-19(26)23(29)15-5-3-14(4-6-15)18-12-32-25(33-13-18)16-7-8-22(31-11-16)17-9-20(27)24(30)21(28)10-17/h3-6,9-10,16,18,22,25H,2,7-8,11-13H2,1H3/b23-19+. The van der Waals surface area contributed by atoms with E-state index < -0.39 is 41.5 Å². The van der Waals surface area contributed by atoms with Crippen molar-refractivity contribution in [1.29, 1.82) is 0 Å². The third-order valence-electron chi connectivity index (χ3n) is 6.18. The van der Waals surface area contributed by atoms with Crippen LogP contribution in [0.15, 0.2) is 42.2 Å². The van der Waals surface area contributed by atoms with Gasteiger partial charge in [0, 0.05) is 17.4 Å². The molecule has 178 valence electrons. The first-order valence-electron chi connectivity index (χ1n) is 11.0. The largest absolute Gasteiger partial charge is 0.373 e. The number of benzene rings is 2. The zero-order valence-electron chi connectivity index (χ0n) is 18.1. The fraction of sp³-hybridized carbons (Fsp3) is 0.440. The second-order valence-corrected chi connectivity index (χ2v) is 8.38. The summed E-state index contributed by atoms with van der Waals surface area (Å²) in [7, 11) is 0. The quantitative estimate of drug-likeness (QED) is 0.359. The SMILES string of the molecule is CC/C(F)=C(\F)c1ccc(C2COC(C3CCC(c4cc(F)c(F)c(F)c4)OC3)OC2)cc1. The van der Waals surface area contributed by atoms with Crippen LogP contribution in [0.4, 0.5) is 22.0 Å². The van der Waals surface area contributed by atoms with E-state index in [0.717, 1.165) is 17.7 Å². The highest BCUT2D eigenvalue weighted by molar-refractivity contribution is 5.61. The van der Waals surface area contributed by atoms with Gasteiger partial charge in [-0.15, -0.1) is 0 Å². The van der Waals surface area contributed by atoms with Crippen LogP contribution in [0.5, 0.6) is 0 Å². The van der Waals surface area contributed by atoms with E-state index in [4.69, 9.17) is 14.2 Å². The van der Waals surface area contributed by atoms with Crippen LogP contribution in [0, 0.1) is 23.4 Å². The topological polar surface area (TPSA) is 27.7 Å². The van der Waals surface area contributed by atoms with Gasteiger partial charge in [0.05, 0.1) is 25.9 Å². The molecule has 0 aliphatic carbocycles. The zero-order valence-corrected chi connectivity index (χ0v) is 18.1. The molecule has 0 N–H and O–H groups in total. The Bertz CT molecular complexity index is 969. The third kappa shape index (κ3) is 5.28. The molecule has 0 amide bonds. The molecule has 2 aliphatic rings. The molecular weight excluding hydrogens is 443 g/mol. The summed E-state index contributed by atoms with van der Waals surface area (Å²) >= 11 is 0. The predicted octanol–water partition coefficient (Wildman–Crippen LogP) is 6.75. The van der Waals surface area contributed by atoms with Gasteiger partial charge in [-0.25, -0.2) is 22.0 Å². The van der Waals surface area contributed by atoms with Crippen molar-refractivity contribution in [2.75, 3.05) is 19.8 Å². The minimum atomic E-state index is -1.49. The zero-order chi connectivity index (χ0) is 23.5. The predicted molar refractivity (Wildman–Crippen MR) is 112 cm³/mol. The average Bonchev–Trinajstić information content (AvgIpc) is 2.86. The van der Waals surface area contributed by atoms with Gasteiger partial charge >= 0.3 is 0 Å². The van der Waals surface area contributed by atoms with Gasteiger partial charge in [-0.1, -0.05) is 31.2 Å². The van der Waals surface area contributed by atoms with Crippen molar-refractivity contribution in [3.05, 3.63) is 76.4 Å². The minimum absolute atomic E-state index is 0.00256. The van der Waals surface area contributed by atoms with Crippen molar-refractivity contribution in [3.8, 4) is 0 Å². The lowest BCUT2D eigenvalue weighted by Gasteiger charge is -2.37. The van der Waals surface area contributed by atoms with E-state index in [9.17, 15) is 22.0 Å². The van der Waals surface area contributed by atoms with E-state index in [1.54, 1.807) is 31.2 Å². The fourth-order valence-electron chi connectivity index (χ4n) is 4.21. The number of rotatable bonds is 5. The van der Waals surface area contributed by atoms with Gasteiger partial charge in [-0.05, 0) is 42.5 Å². The summed E-state index contributed by atoms with van der Waals surface area (Å²) in [6.07, 6.45) is 0.165. The summed E-state index contributed by atoms with van der Waals surface area (Å²) in [4.78, 5) is 0. The molecule has 2 saturated heterocycles. The van der Waals surface area contributed by atoms with E-state index >= 15 is 0 Å². The van der Waals surface area contributed by atoms with Crippen molar-refractivity contribution >= 4 is 5.83 Å². The van der Waals surface area contributed by atoms with E-state index in [1.807, 2.05) is 0 Å². The van der Waals surface area contributed by atoms with Crippen molar-refractivity contribution in [3.63, 3.8) is 0 Å². The molecular formula is C25H25F5O3. The summed E-state index contributed by atoms with van der Waals surface area (Å²) in [5.41, 5.74) is 1.37. The Labute approximate surface area is 189 Å². The van der Waals surface area contributed by atoms with Crippen molar-refractivity contribution in [1.82, 2.24) is 0 Å². The van der Waals surface area contributed by atoms with Crippen LogP contribution < -0.4 is 0 Å². The smallest absolute Gasteiger partial charge is 0.194 e. The lowest BCUT2D eigenvalue weighted by molar-refractivity contribution is -0.231. The fourth-order valence-corrected chi connectivity index (χ4v) is 4.21. The van der Waals surface area contributed by atoms with E-state index in [0.29, 0.717) is 26.1 Å². The lowest BCUT2D eigenvalue weighted by Crippen LogP contribution is -2.40. The molecule has 0 aromatic heterocycles. The first kappa shape index (κ1) is 23.9. The summed E-state index contributed by atoms with van der Waals surface area (Å²) in [5.74, 6) is -5.67. The molecule has 0 spiro atoms. The first-order chi connectivity index (χ1) is 15.9. The van der Waals surface area contributed by atoms with Gasteiger partial charge in [-0.3, -0.25) is 0 Å². The summed E-state index contributed by atoms with van der Waals surface area (Å²) in [6, 6.07) is 8.50. The molecule has 2 aliphatic heterocycles. The summed E-state index contributed by atoms with van der Waals surface area (Å²) in [6.45, 7) is 2.64. The van der Waals surface area contributed by atoms with Gasteiger partial charge < -0.3 is 14.2 Å². The van der Waals surface area contributed by atoms with Gasteiger partial charge in [-0.2, -0.15) is 0 Å². The first-order valence-corrected chi connectivity index (χ1v) is 11.0. The van der Waals surface area contributed by atoms with Crippen LogP contribution >= 0.6 is 0 Å². The third-order valence-corrected chi connectivity index (χ3v) is 6.18. The molecule has 3 nitrogen and oxygen atoms in total. The second-order valence-electron chi connectivity index (χ2n) is 8.38. The van der Waals surface area contributed by atoms with Crippen LogP contribution in [0.2, 0.25) is 0 Å². The Morgan fingerprint density at radius 2 is 1.48 bits per heavy atom. The lowest BCUT2D eigenvalue weighted by atomic mass is 9.93. The Hall–Kier alpha value is -2.29. The number of hydrogen-bond acceptors (Lipinski definition) is 3. The second kappa shape index (κ2) is 10.3. The minimum Gasteiger partial charge on any atom is -0.373 e. The maximum Gasteiger partial charge on any atom is 0.194 e. The Morgan fingerprint density at radius 3 is 2.03 bits per heavy atom. The van der Waals surface area contributed by atoms with Crippen LogP contribution in [0.1, 0.15) is 54.9 Å². The number of hydrogen-bond donors (Lipinski definition) is 0. The highest BCUT2D eigenvalue weighted by Crippen LogP contribution is 2.36. The number of allylic oxidation sites excluding steroid dienone is 1. The van der Waals surface area contributed by atoms with Crippen molar-refractivity contribution < 1.29 is 36.2 Å². The Morgan fingerprint density at radius 1 is 0.848 bits per heavy atom. The average molecular weight is 468 g/mol. The van der Waals surface area contributed by atoms with Crippen LogP contribution in [-0.4, -0.2) is 26.1 Å². The maximum atomic E-state index is 13.9. The normalized spacial score (nSPS) is 26.7. The molecule has 0 bridgehead atoms. The van der Waals surface area contributed by atoms with Gasteiger partial charge in [0.25, 0.3) is 0 Å². The maximum absolute atomic E-state index is 13.9. The number of ether oxygens (including phenoxy) is 3. The molecule has 2 atom stereocenters. The molecule has 2 fully saturated rings. The van der Waals surface area contributed by atoms with E-state index in [1.165, 1.54) is 0 Å². The Kier molecular flexibility index (Phi) is 7.46. The Balaban J connectivity index is 1.29. The molecule has 8 heteroatoms. The van der Waals surface area contributed by atoms with Gasteiger partial charge in [0.15, 0.2) is 29.6 Å². The highest BCUT2D eigenvalue weighted by Gasteiger charge is 2.34. The highest BCUT2D eigenvalue weighted by atomic mass is 19.2. The van der Waals surface area contributed by atoms with Crippen LogP contribution in [0.3, 0.4) is 0 Å². The van der Waals surface area contributed by atoms with E-state index in [-0.39, 0.29) is 36.0 Å². The molecule has 2 heterocycles. The van der Waals surface area contributed by atoms with Crippen LogP contribution in [-0.2, 0) is 14.2 Å². The number of halogens is 5. The van der Waals surface area contributed by atoms with Gasteiger partial charge in [0.1, 0.15) is 5.83 Å². The summed E-state index contributed by atoms with van der Waals surface area (Å²) < 4.78 is 85.2. The van der Waals surface area contributed by atoms with E-state index in [2.05, 4.69) is 0 Å². The summed E-state index contributed by atoms with van der Waals surface area (Å²) in [5, 5.41) is 0. The molecule has 33 heavy (non-hydrogen) atoms. The van der Waals surface area contributed by atoms with Crippen molar-refractivity contribution in [2.24, 2.45) is 5.92 Å². The molecule has 2 aromatic carbocycles. The molecule has 2 unspecified atom stereocenters. The molecule has 0 radical (unpaired) electrons. The van der Waals surface area contributed by atoms with Crippen LogP contribution in [0.25, 0.3) is 5.83 Å². The van der Waals surface area contributed by atoms with Crippen molar-refractivity contribution in [2.45, 2.75) is 44.5 Å². The molecule has 4 rings (SSSR count). The monoisotopic (exact) mass is 468 g/mol. The molecule has 0 saturated carbocycles. The molecule has 2 aromatic rings.